The molecule has 0 radical (unpaired) electrons. The number of hydrogen-bond acceptors (Lipinski definition) is 7. The van der Waals surface area contributed by atoms with Gasteiger partial charge in [0, 0.05) is 29.7 Å². The van der Waals surface area contributed by atoms with Crippen LogP contribution in [-0.4, -0.2) is 62.7 Å². The Morgan fingerprint density at radius 3 is 2.43 bits per heavy atom. The summed E-state index contributed by atoms with van der Waals surface area (Å²) in [6.07, 6.45) is 2.33. The van der Waals surface area contributed by atoms with Gasteiger partial charge in [-0.3, -0.25) is 9.69 Å². The molecule has 0 unspecified atom stereocenters. The van der Waals surface area contributed by atoms with Crippen LogP contribution in [0.1, 0.15) is 42.0 Å². The summed E-state index contributed by atoms with van der Waals surface area (Å²) in [6, 6.07) is 5.52. The van der Waals surface area contributed by atoms with Crippen molar-refractivity contribution in [2.24, 2.45) is 0 Å². The Labute approximate surface area is 176 Å². The largest absolute Gasteiger partial charge is 0.473 e. The summed E-state index contributed by atoms with van der Waals surface area (Å²) < 4.78 is 5.34. The minimum Gasteiger partial charge on any atom is -0.473 e. The Morgan fingerprint density at radius 1 is 1.20 bits per heavy atom. The van der Waals surface area contributed by atoms with Crippen molar-refractivity contribution in [3.05, 3.63) is 40.5 Å². The number of carbonyl (C=O) groups excluding carboxylic acids is 1. The first-order valence-corrected chi connectivity index (χ1v) is 9.68. The van der Waals surface area contributed by atoms with E-state index in [4.69, 9.17) is 35.9 Å². The predicted octanol–water partition coefficient (Wildman–Crippen LogP) is 2.10. The second-order valence-corrected chi connectivity index (χ2v) is 7.69. The third-order valence-electron chi connectivity index (χ3n) is 4.71. The Balaban J connectivity index is 0.000000377. The quantitative estimate of drug-likeness (QED) is 0.599. The fraction of sp³-hybridized carbons (Fsp3) is 0.421. The molecule has 1 aromatic heterocycles. The van der Waals surface area contributed by atoms with Gasteiger partial charge in [-0.1, -0.05) is 22.8 Å². The molecule has 160 valence electrons. The zero-order valence-corrected chi connectivity index (χ0v) is 16.9. The van der Waals surface area contributed by atoms with Crippen molar-refractivity contribution in [2.45, 2.75) is 31.6 Å². The van der Waals surface area contributed by atoms with Crippen molar-refractivity contribution in [3.8, 4) is 0 Å². The van der Waals surface area contributed by atoms with E-state index in [9.17, 15) is 4.79 Å². The number of nitrogens with zero attached hydrogens (tertiary/aromatic N) is 3. The lowest BCUT2D eigenvalue weighted by Crippen LogP contribution is -2.48. The van der Waals surface area contributed by atoms with E-state index in [1.165, 1.54) is 12.8 Å². The number of carboxylic acids is 2. The number of carboxylic acid groups (broad SMARTS) is 2. The van der Waals surface area contributed by atoms with Gasteiger partial charge in [-0.2, -0.15) is 4.98 Å². The number of anilines is 1. The second kappa shape index (κ2) is 9.23. The highest BCUT2D eigenvalue weighted by Crippen LogP contribution is 2.39. The average Bonchev–Trinajstić information content (AvgIpc) is 3.39. The zero-order chi connectivity index (χ0) is 21.8. The van der Waals surface area contributed by atoms with Crippen LogP contribution in [0.4, 0.5) is 5.69 Å². The minimum atomic E-state index is -1.82. The molecule has 1 aromatic carbocycles. The number of aryl methyl sites for hydroxylation is 1. The van der Waals surface area contributed by atoms with Gasteiger partial charge in [0.25, 0.3) is 0 Å². The van der Waals surface area contributed by atoms with E-state index >= 15 is 0 Å². The van der Waals surface area contributed by atoms with Crippen LogP contribution in [0.2, 0.25) is 5.02 Å². The molecule has 2 heterocycles. The monoisotopic (exact) mass is 436 g/mol. The molecular weight excluding hydrogens is 416 g/mol. The van der Waals surface area contributed by atoms with Gasteiger partial charge >= 0.3 is 11.9 Å². The smallest absolute Gasteiger partial charge is 0.414 e. The molecule has 30 heavy (non-hydrogen) atoms. The predicted molar refractivity (Wildman–Crippen MR) is 106 cm³/mol. The number of halogens is 1. The van der Waals surface area contributed by atoms with E-state index in [2.05, 4.69) is 20.4 Å². The summed E-state index contributed by atoms with van der Waals surface area (Å²) in [5, 5.41) is 22.4. The molecule has 3 N–H and O–H groups in total. The number of carbonyl (C=O) groups is 3. The molecule has 0 atom stereocenters. The van der Waals surface area contributed by atoms with Crippen molar-refractivity contribution in [3.63, 3.8) is 0 Å². The third-order valence-corrected chi connectivity index (χ3v) is 5.12. The maximum Gasteiger partial charge on any atom is 0.414 e. The van der Waals surface area contributed by atoms with Crippen LogP contribution in [0.25, 0.3) is 0 Å². The third kappa shape index (κ3) is 5.77. The first-order valence-electron chi connectivity index (χ1n) is 9.31. The molecule has 0 spiro atoms. The lowest BCUT2D eigenvalue weighted by molar-refractivity contribution is -0.159. The number of hydrogen-bond donors (Lipinski definition) is 3. The fourth-order valence-corrected chi connectivity index (χ4v) is 3.03. The highest BCUT2D eigenvalue weighted by molar-refractivity contribution is 6.31. The maximum absolute atomic E-state index is 12.1. The van der Waals surface area contributed by atoms with E-state index in [0.29, 0.717) is 23.4 Å². The van der Waals surface area contributed by atoms with E-state index < -0.39 is 11.9 Å². The lowest BCUT2D eigenvalue weighted by atomic mass is 10.0. The number of amides is 1. The molecule has 2 fully saturated rings. The molecule has 10 nitrogen and oxygen atoms in total. The number of benzene rings is 1. The minimum absolute atomic E-state index is 0.0439. The van der Waals surface area contributed by atoms with Crippen LogP contribution in [0.15, 0.2) is 22.7 Å². The first kappa shape index (κ1) is 21.7. The summed E-state index contributed by atoms with van der Waals surface area (Å²) >= 11 is 6.07. The average molecular weight is 437 g/mol. The van der Waals surface area contributed by atoms with Gasteiger partial charge < -0.3 is 20.1 Å². The topological polar surface area (TPSA) is 146 Å². The normalized spacial score (nSPS) is 16.2. The SMILES string of the molecule is Cc1ccc(NC(=O)CN2CC(c3nc(C4CC4)no3)C2)cc1Cl.O=C(O)C(=O)O. The van der Waals surface area contributed by atoms with Crippen molar-refractivity contribution in [2.75, 3.05) is 25.0 Å². The van der Waals surface area contributed by atoms with Crippen molar-refractivity contribution in [1.82, 2.24) is 15.0 Å². The summed E-state index contributed by atoms with van der Waals surface area (Å²) in [5.74, 6) is -1.39. The summed E-state index contributed by atoms with van der Waals surface area (Å²) in [4.78, 5) is 36.8. The Morgan fingerprint density at radius 2 is 1.87 bits per heavy atom. The Kier molecular flexibility index (Phi) is 6.68. The number of rotatable bonds is 5. The number of aromatic nitrogens is 2. The molecule has 1 aliphatic heterocycles. The Bertz CT molecular complexity index is 940. The van der Waals surface area contributed by atoms with Crippen LogP contribution < -0.4 is 5.32 Å². The molecule has 1 aliphatic carbocycles. The van der Waals surface area contributed by atoms with Crippen molar-refractivity contribution in [1.29, 1.82) is 0 Å². The number of likely N-dealkylation sites (tertiary alicyclic amines) is 1. The molecule has 4 rings (SSSR count). The molecule has 2 aliphatic rings. The van der Waals surface area contributed by atoms with Crippen LogP contribution >= 0.6 is 11.6 Å². The highest BCUT2D eigenvalue weighted by Gasteiger charge is 2.35. The highest BCUT2D eigenvalue weighted by atomic mass is 35.5. The van der Waals surface area contributed by atoms with Gasteiger partial charge in [-0.25, -0.2) is 9.59 Å². The molecule has 1 saturated carbocycles. The maximum atomic E-state index is 12.1. The summed E-state index contributed by atoms with van der Waals surface area (Å²) in [5.41, 5.74) is 1.71. The van der Waals surface area contributed by atoms with Crippen LogP contribution in [0.3, 0.4) is 0 Å². The van der Waals surface area contributed by atoms with Gasteiger partial charge in [0.05, 0.1) is 12.5 Å². The summed E-state index contributed by atoms with van der Waals surface area (Å²) in [6.45, 7) is 3.83. The van der Waals surface area contributed by atoms with Gasteiger partial charge in [-0.15, -0.1) is 0 Å². The number of aliphatic carboxylic acids is 2. The Hall–Kier alpha value is -2.98. The standard InChI is InChI=1S/C17H19ClN4O2.C2H2O4/c1-10-2-5-13(6-14(10)18)19-15(23)9-22-7-12(8-22)17-20-16(21-24-17)11-3-4-11;3-1(4)2(5)6/h2,5-6,11-12H,3-4,7-9H2,1H3,(H,19,23);(H,3,4)(H,5,6). The molecule has 1 saturated heterocycles. The molecule has 2 aromatic rings. The molecular formula is C19H21ClN4O6. The van der Waals surface area contributed by atoms with Gasteiger partial charge in [0.15, 0.2) is 5.82 Å². The second-order valence-electron chi connectivity index (χ2n) is 7.28. The van der Waals surface area contributed by atoms with Crippen molar-refractivity contribution < 1.29 is 29.1 Å². The van der Waals surface area contributed by atoms with Crippen LogP contribution in [0, 0.1) is 6.92 Å². The lowest BCUT2D eigenvalue weighted by Gasteiger charge is -2.36. The van der Waals surface area contributed by atoms with Crippen molar-refractivity contribution >= 4 is 35.1 Å². The van der Waals surface area contributed by atoms with E-state index in [1.807, 2.05) is 19.1 Å². The molecule has 0 bridgehead atoms. The number of nitrogens with one attached hydrogen (secondary N) is 1. The first-order chi connectivity index (χ1) is 14.2. The zero-order valence-electron chi connectivity index (χ0n) is 16.2. The summed E-state index contributed by atoms with van der Waals surface area (Å²) in [7, 11) is 0. The molecule has 1 amide bonds. The van der Waals surface area contributed by atoms with Crippen LogP contribution in [-0.2, 0) is 14.4 Å². The van der Waals surface area contributed by atoms with Gasteiger partial charge in [0.2, 0.25) is 11.8 Å². The molecule has 11 heteroatoms. The van der Waals surface area contributed by atoms with E-state index in [-0.39, 0.29) is 11.8 Å². The van der Waals surface area contributed by atoms with Gasteiger partial charge in [0.1, 0.15) is 0 Å². The van der Waals surface area contributed by atoms with E-state index in [1.54, 1.807) is 6.07 Å². The van der Waals surface area contributed by atoms with Crippen LogP contribution in [0.5, 0.6) is 0 Å². The van der Waals surface area contributed by atoms with Gasteiger partial charge in [-0.05, 0) is 37.5 Å². The fourth-order valence-electron chi connectivity index (χ4n) is 2.85. The van der Waals surface area contributed by atoms with E-state index in [0.717, 1.165) is 30.2 Å².